The van der Waals surface area contributed by atoms with Gasteiger partial charge >= 0.3 is 0 Å². The molecule has 0 heterocycles. The Balaban J connectivity index is 0. The fourth-order valence-corrected chi connectivity index (χ4v) is 0.840. The molecule has 0 N–H and O–H groups in total. The van der Waals surface area contributed by atoms with Crippen molar-refractivity contribution in [2.45, 2.75) is 41.5 Å². The second-order valence-corrected chi connectivity index (χ2v) is 2.85. The van der Waals surface area contributed by atoms with Crippen molar-refractivity contribution in [1.29, 1.82) is 0 Å². The summed E-state index contributed by atoms with van der Waals surface area (Å²) in [5.41, 5.74) is 1.38. The molecule has 0 saturated heterocycles. The summed E-state index contributed by atoms with van der Waals surface area (Å²) in [5, 5.41) is 0. The van der Waals surface area contributed by atoms with Crippen molar-refractivity contribution in [3.8, 4) is 0 Å². The van der Waals surface area contributed by atoms with Gasteiger partial charge in [0.1, 0.15) is 0 Å². The highest BCUT2D eigenvalue weighted by atomic mass is 14.0. The first-order valence-corrected chi connectivity index (χ1v) is 5.18. The minimum Gasteiger partial charge on any atom is -0.0877 e. The van der Waals surface area contributed by atoms with E-state index >= 15 is 0 Å². The van der Waals surface area contributed by atoms with Crippen LogP contribution in [0.5, 0.6) is 0 Å². The Morgan fingerprint density at radius 1 is 1.00 bits per heavy atom. The molecular formula is C13H24. The van der Waals surface area contributed by atoms with E-state index in [1.54, 1.807) is 0 Å². The van der Waals surface area contributed by atoms with Gasteiger partial charge in [-0.15, -0.1) is 0 Å². The van der Waals surface area contributed by atoms with Crippen molar-refractivity contribution in [3.63, 3.8) is 0 Å². The summed E-state index contributed by atoms with van der Waals surface area (Å²) < 4.78 is 0. The Bertz CT molecular complexity index is 168. The zero-order chi connectivity index (χ0) is 10.7. The lowest BCUT2D eigenvalue weighted by molar-refractivity contribution is 0.791. The Morgan fingerprint density at radius 3 is 1.85 bits per heavy atom. The molecule has 0 nitrogen and oxygen atoms in total. The number of hydrogen-bond acceptors (Lipinski definition) is 0. The second-order valence-electron chi connectivity index (χ2n) is 2.85. The predicted molar refractivity (Wildman–Crippen MR) is 63.9 cm³/mol. The molecule has 76 valence electrons. The first-order valence-electron chi connectivity index (χ1n) is 5.18. The standard InChI is InChI=1S/C11H18.C2H6/c1-5-7-9-11(8-6-2)10(3)4;1-2/h5-10H,1-4H3;1-2H3/b7-5-,8-6-,11-9+;. The molecule has 0 aromatic heterocycles. The molecule has 0 bridgehead atoms. The van der Waals surface area contributed by atoms with Gasteiger partial charge < -0.3 is 0 Å². The van der Waals surface area contributed by atoms with Gasteiger partial charge in [-0.05, 0) is 25.3 Å². The van der Waals surface area contributed by atoms with Gasteiger partial charge in [-0.2, -0.15) is 0 Å². The van der Waals surface area contributed by atoms with Crippen LogP contribution in [0.3, 0.4) is 0 Å². The van der Waals surface area contributed by atoms with Crippen molar-refractivity contribution < 1.29 is 0 Å². The van der Waals surface area contributed by atoms with Gasteiger partial charge in [0.2, 0.25) is 0 Å². The minimum absolute atomic E-state index is 0.613. The maximum absolute atomic E-state index is 2.20. The molecule has 0 rings (SSSR count). The Hall–Kier alpha value is -0.780. The third kappa shape index (κ3) is 9.13. The second kappa shape index (κ2) is 11.2. The SMILES string of the molecule is CC.C\C=C/C=C(\C=C/C)C(C)C. The normalized spacial score (nSPS) is 12.4. The summed E-state index contributed by atoms with van der Waals surface area (Å²) in [6, 6.07) is 0. The number of rotatable bonds is 3. The molecule has 0 aliphatic carbocycles. The maximum atomic E-state index is 2.20. The van der Waals surface area contributed by atoms with Crippen LogP contribution >= 0.6 is 0 Å². The molecule has 0 spiro atoms. The molecular weight excluding hydrogens is 156 g/mol. The van der Waals surface area contributed by atoms with Crippen LogP contribution in [0.15, 0.2) is 36.0 Å². The molecule has 0 amide bonds. The van der Waals surface area contributed by atoms with Crippen molar-refractivity contribution in [1.82, 2.24) is 0 Å². The zero-order valence-corrected chi connectivity index (χ0v) is 9.96. The van der Waals surface area contributed by atoms with E-state index in [2.05, 4.69) is 38.2 Å². The van der Waals surface area contributed by atoms with Crippen LogP contribution in [-0.2, 0) is 0 Å². The molecule has 0 fully saturated rings. The van der Waals surface area contributed by atoms with Gasteiger partial charge in [0.05, 0.1) is 0 Å². The number of hydrogen-bond donors (Lipinski definition) is 0. The largest absolute Gasteiger partial charge is 0.0877 e. The molecule has 0 aliphatic rings. The molecule has 0 aromatic carbocycles. The summed E-state index contributed by atoms with van der Waals surface area (Å²) in [6.07, 6.45) is 10.5. The topological polar surface area (TPSA) is 0 Å². The molecule has 0 unspecified atom stereocenters. The summed E-state index contributed by atoms with van der Waals surface area (Å²) >= 11 is 0. The van der Waals surface area contributed by atoms with Crippen LogP contribution in [0.4, 0.5) is 0 Å². The Labute approximate surface area is 84.1 Å². The summed E-state index contributed by atoms with van der Waals surface area (Å²) in [7, 11) is 0. The van der Waals surface area contributed by atoms with Crippen LogP contribution < -0.4 is 0 Å². The van der Waals surface area contributed by atoms with E-state index in [1.165, 1.54) is 5.57 Å². The third-order valence-corrected chi connectivity index (χ3v) is 1.51. The third-order valence-electron chi connectivity index (χ3n) is 1.51. The highest BCUT2D eigenvalue weighted by Crippen LogP contribution is 2.10. The van der Waals surface area contributed by atoms with E-state index < -0.39 is 0 Å². The summed E-state index contributed by atoms with van der Waals surface area (Å²) in [5.74, 6) is 0.613. The van der Waals surface area contributed by atoms with Gasteiger partial charge in [0, 0.05) is 0 Å². The first-order chi connectivity index (χ1) is 6.22. The number of allylic oxidation sites excluding steroid dienone is 6. The highest BCUT2D eigenvalue weighted by molar-refractivity contribution is 5.24. The lowest BCUT2D eigenvalue weighted by Gasteiger charge is -2.03. The average molecular weight is 180 g/mol. The Kier molecular flexibility index (Phi) is 12.7. The van der Waals surface area contributed by atoms with E-state index in [0.717, 1.165) is 0 Å². The van der Waals surface area contributed by atoms with Crippen molar-refractivity contribution in [2.24, 2.45) is 5.92 Å². The van der Waals surface area contributed by atoms with Gasteiger partial charge in [0.15, 0.2) is 0 Å². The van der Waals surface area contributed by atoms with E-state index in [0.29, 0.717) is 5.92 Å². The van der Waals surface area contributed by atoms with Crippen LogP contribution in [-0.4, -0.2) is 0 Å². The molecule has 0 saturated carbocycles. The van der Waals surface area contributed by atoms with Gasteiger partial charge in [-0.25, -0.2) is 0 Å². The van der Waals surface area contributed by atoms with Crippen molar-refractivity contribution in [3.05, 3.63) is 36.0 Å². The van der Waals surface area contributed by atoms with Crippen LogP contribution in [0, 0.1) is 5.92 Å². The van der Waals surface area contributed by atoms with Gasteiger partial charge in [-0.1, -0.05) is 58.1 Å². The molecule has 0 radical (unpaired) electrons. The van der Waals surface area contributed by atoms with E-state index in [4.69, 9.17) is 0 Å². The Morgan fingerprint density at radius 2 is 1.54 bits per heavy atom. The zero-order valence-electron chi connectivity index (χ0n) is 9.96. The van der Waals surface area contributed by atoms with Crippen LogP contribution in [0.2, 0.25) is 0 Å². The highest BCUT2D eigenvalue weighted by Gasteiger charge is 1.95. The minimum atomic E-state index is 0.613. The van der Waals surface area contributed by atoms with Crippen LogP contribution in [0.1, 0.15) is 41.5 Å². The van der Waals surface area contributed by atoms with E-state index in [9.17, 15) is 0 Å². The fraction of sp³-hybridized carbons (Fsp3) is 0.538. The lowest BCUT2D eigenvalue weighted by atomic mass is 10.0. The molecule has 0 atom stereocenters. The van der Waals surface area contributed by atoms with Gasteiger partial charge in [-0.3, -0.25) is 0 Å². The van der Waals surface area contributed by atoms with Crippen molar-refractivity contribution in [2.75, 3.05) is 0 Å². The van der Waals surface area contributed by atoms with Crippen LogP contribution in [0.25, 0.3) is 0 Å². The van der Waals surface area contributed by atoms with E-state index in [1.807, 2.05) is 33.8 Å². The summed E-state index contributed by atoms with van der Waals surface area (Å²) in [6.45, 7) is 12.5. The smallest absolute Gasteiger partial charge is 0.0219 e. The van der Waals surface area contributed by atoms with E-state index in [-0.39, 0.29) is 0 Å². The molecule has 0 heteroatoms. The monoisotopic (exact) mass is 180 g/mol. The molecule has 0 aliphatic heterocycles. The molecule has 13 heavy (non-hydrogen) atoms. The first kappa shape index (κ1) is 14.7. The molecule has 0 aromatic rings. The maximum Gasteiger partial charge on any atom is -0.0219 e. The quantitative estimate of drug-likeness (QED) is 0.550. The predicted octanol–water partition coefficient (Wildman–Crippen LogP) is 4.75. The van der Waals surface area contributed by atoms with Crippen molar-refractivity contribution >= 4 is 0 Å². The average Bonchev–Trinajstić information content (AvgIpc) is 2.15. The lowest BCUT2D eigenvalue weighted by Crippen LogP contribution is -1.88. The van der Waals surface area contributed by atoms with Gasteiger partial charge in [0.25, 0.3) is 0 Å². The summed E-state index contributed by atoms with van der Waals surface area (Å²) in [4.78, 5) is 0. The fourth-order valence-electron chi connectivity index (χ4n) is 0.840.